The summed E-state index contributed by atoms with van der Waals surface area (Å²) in [5, 5.41) is 24.3. The molecule has 226 valence electrons. The van der Waals surface area contributed by atoms with E-state index in [1.165, 1.54) is 36.7 Å². The summed E-state index contributed by atoms with van der Waals surface area (Å²) in [6.45, 7) is 6.49. The molecule has 1 unspecified atom stereocenters. The first kappa shape index (κ1) is 31.7. The Labute approximate surface area is 254 Å². The molecule has 0 bridgehead atoms. The summed E-state index contributed by atoms with van der Waals surface area (Å²) < 4.78 is 58.0. The van der Waals surface area contributed by atoms with Crippen molar-refractivity contribution >= 4 is 40.0 Å². The highest BCUT2D eigenvalue weighted by molar-refractivity contribution is 9.10. The molecule has 1 N–H and O–H groups in total. The normalized spacial score (nSPS) is 12.8. The van der Waals surface area contributed by atoms with Crippen molar-refractivity contribution in [3.8, 4) is 28.7 Å². The quantitative estimate of drug-likeness (QED) is 0.212. The number of aliphatic hydroxyl groups is 1. The molecule has 15 heteroatoms. The number of hydrogen-bond donors (Lipinski definition) is 1. The lowest BCUT2D eigenvalue weighted by Crippen LogP contribution is -2.40. The minimum Gasteiger partial charge on any atom is -0.494 e. The highest BCUT2D eigenvalue weighted by atomic mass is 79.9. The van der Waals surface area contributed by atoms with Crippen LogP contribution in [0.5, 0.6) is 11.5 Å². The topological polar surface area (TPSA) is 125 Å². The molecule has 0 aliphatic heterocycles. The molecule has 1 atom stereocenters. The van der Waals surface area contributed by atoms with Crippen molar-refractivity contribution in [1.82, 2.24) is 24.5 Å². The van der Waals surface area contributed by atoms with Gasteiger partial charge in [-0.05, 0) is 41.9 Å². The Morgan fingerprint density at radius 3 is 2.31 bits per heavy atom. The predicted octanol–water partition coefficient (Wildman–Crippen LogP) is 4.79. The first-order valence-electron chi connectivity index (χ1n) is 13.1. The van der Waals surface area contributed by atoms with Crippen LogP contribution in [0.4, 0.5) is 10.3 Å². The highest BCUT2D eigenvalue weighted by Gasteiger charge is 2.35. The van der Waals surface area contributed by atoms with Crippen molar-refractivity contribution in [2.45, 2.75) is 31.8 Å². The minimum absolute atomic E-state index is 0.0120. The maximum absolute atomic E-state index is 14.2. The van der Waals surface area contributed by atoms with Gasteiger partial charge < -0.3 is 14.6 Å². The zero-order chi connectivity index (χ0) is 30.8. The number of hydrogen-bond acceptors (Lipinski definition) is 8. The highest BCUT2D eigenvalue weighted by Crippen LogP contribution is 2.39. The molecule has 2 aromatic carbocycles. The van der Waals surface area contributed by atoms with Gasteiger partial charge >= 0.3 is 0 Å². The summed E-state index contributed by atoms with van der Waals surface area (Å²) in [4.78, 5) is 0. The molecular formula is C27H34BrFN6O5SSi. The number of halogens is 2. The standard InChI is InChI=1S/C27H34BrFN6O5SSi/c1-33-13-12-21(32-33)26-30-31-27(35(26)25-23(39-2)8-7-9-24(25)40-3)34(14-15-42(4,5)6)41(37,38)17-22(36)19-11-10-18(29)16-20(19)28/h7-13,16,22,36H,14-15,17H2,1-6H3. The average Bonchev–Trinajstić information content (AvgIpc) is 3.53. The van der Waals surface area contributed by atoms with E-state index < -0.39 is 35.8 Å². The summed E-state index contributed by atoms with van der Waals surface area (Å²) in [7, 11) is -1.26. The van der Waals surface area contributed by atoms with Gasteiger partial charge in [-0.15, -0.1) is 10.2 Å². The second kappa shape index (κ2) is 12.5. The van der Waals surface area contributed by atoms with E-state index >= 15 is 0 Å². The number of ether oxygens (including phenoxy) is 2. The second-order valence-corrected chi connectivity index (χ2v) is 19.3. The van der Waals surface area contributed by atoms with Gasteiger partial charge in [0.25, 0.3) is 0 Å². The maximum Gasteiger partial charge on any atom is 0.246 e. The van der Waals surface area contributed by atoms with Gasteiger partial charge in [0.1, 0.15) is 28.7 Å². The number of anilines is 1. The Morgan fingerprint density at radius 1 is 1.10 bits per heavy atom. The predicted molar refractivity (Wildman–Crippen MR) is 165 cm³/mol. The van der Waals surface area contributed by atoms with Crippen LogP contribution in [0.15, 0.2) is 53.1 Å². The third kappa shape index (κ3) is 6.85. The van der Waals surface area contributed by atoms with Gasteiger partial charge in [0.15, 0.2) is 5.82 Å². The van der Waals surface area contributed by atoms with Gasteiger partial charge in [0, 0.05) is 32.3 Å². The molecule has 0 saturated carbocycles. The smallest absolute Gasteiger partial charge is 0.246 e. The molecule has 0 amide bonds. The summed E-state index contributed by atoms with van der Waals surface area (Å²) in [5.41, 5.74) is 1.08. The fraction of sp³-hybridized carbons (Fsp3) is 0.370. The van der Waals surface area contributed by atoms with E-state index in [1.54, 1.807) is 46.8 Å². The third-order valence-electron chi connectivity index (χ3n) is 6.53. The van der Waals surface area contributed by atoms with Crippen LogP contribution in [0.2, 0.25) is 25.7 Å². The molecule has 11 nitrogen and oxygen atoms in total. The Balaban J connectivity index is 1.93. The number of methoxy groups -OCH3 is 2. The molecule has 0 fully saturated rings. The van der Waals surface area contributed by atoms with E-state index in [-0.39, 0.29) is 28.4 Å². The van der Waals surface area contributed by atoms with E-state index in [0.717, 1.165) is 0 Å². The summed E-state index contributed by atoms with van der Waals surface area (Å²) in [5.74, 6) is -0.155. The molecule has 0 saturated heterocycles. The molecule has 0 radical (unpaired) electrons. The van der Waals surface area contributed by atoms with Crippen LogP contribution >= 0.6 is 15.9 Å². The van der Waals surface area contributed by atoms with Crippen LogP contribution < -0.4 is 13.8 Å². The van der Waals surface area contributed by atoms with E-state index in [2.05, 4.69) is 50.9 Å². The lowest BCUT2D eigenvalue weighted by Gasteiger charge is -2.28. The first-order chi connectivity index (χ1) is 19.8. The van der Waals surface area contributed by atoms with Crippen LogP contribution in [-0.4, -0.2) is 72.7 Å². The van der Waals surface area contributed by atoms with E-state index in [9.17, 15) is 17.9 Å². The molecule has 0 aliphatic rings. The van der Waals surface area contributed by atoms with Gasteiger partial charge in [0.2, 0.25) is 16.0 Å². The second-order valence-electron chi connectivity index (χ2n) is 10.9. The van der Waals surface area contributed by atoms with Crippen molar-refractivity contribution in [2.75, 3.05) is 30.8 Å². The van der Waals surface area contributed by atoms with Crippen molar-refractivity contribution in [3.05, 3.63) is 64.5 Å². The fourth-order valence-corrected chi connectivity index (χ4v) is 7.51. The number of aryl methyl sites for hydroxylation is 1. The lowest BCUT2D eigenvalue weighted by atomic mass is 10.1. The van der Waals surface area contributed by atoms with Gasteiger partial charge in [-0.1, -0.05) is 47.7 Å². The Morgan fingerprint density at radius 2 is 1.76 bits per heavy atom. The number of aromatic nitrogens is 5. The van der Waals surface area contributed by atoms with Gasteiger partial charge in [-0.3, -0.25) is 9.25 Å². The van der Waals surface area contributed by atoms with Crippen LogP contribution in [0.1, 0.15) is 11.7 Å². The fourth-order valence-electron chi connectivity index (χ4n) is 4.35. The van der Waals surface area contributed by atoms with Crippen molar-refractivity contribution in [1.29, 1.82) is 0 Å². The van der Waals surface area contributed by atoms with Crippen LogP contribution in [0.25, 0.3) is 17.2 Å². The number of benzene rings is 2. The zero-order valence-corrected chi connectivity index (χ0v) is 27.6. The molecule has 2 aromatic heterocycles. The summed E-state index contributed by atoms with van der Waals surface area (Å²) in [6, 6.07) is 11.2. The number of sulfonamides is 1. The van der Waals surface area contributed by atoms with Crippen molar-refractivity contribution < 1.29 is 27.4 Å². The van der Waals surface area contributed by atoms with E-state index in [1.807, 2.05) is 0 Å². The number of aliphatic hydroxyl groups excluding tert-OH is 1. The Kier molecular flexibility index (Phi) is 9.45. The minimum atomic E-state index is -4.25. The first-order valence-corrected chi connectivity index (χ1v) is 19.2. The molecule has 4 aromatic rings. The molecule has 42 heavy (non-hydrogen) atoms. The maximum atomic E-state index is 14.2. The molecule has 0 aliphatic carbocycles. The molecule has 2 heterocycles. The largest absolute Gasteiger partial charge is 0.494 e. The summed E-state index contributed by atoms with van der Waals surface area (Å²) in [6.07, 6.45) is 0.288. The number of nitrogens with zero attached hydrogens (tertiary/aromatic N) is 6. The molecule has 4 rings (SSSR count). The van der Waals surface area contributed by atoms with Gasteiger partial charge in [0.05, 0.1) is 26.1 Å². The van der Waals surface area contributed by atoms with Crippen LogP contribution in [-0.2, 0) is 17.1 Å². The lowest BCUT2D eigenvalue weighted by molar-refractivity contribution is 0.200. The van der Waals surface area contributed by atoms with E-state index in [4.69, 9.17) is 9.47 Å². The Hall–Kier alpha value is -3.27. The third-order valence-corrected chi connectivity index (χ3v) is 10.7. The van der Waals surface area contributed by atoms with Crippen LogP contribution in [0.3, 0.4) is 0 Å². The SMILES string of the molecule is COc1cccc(OC)c1-n1c(-c2ccn(C)n2)nnc1N(CC[Si](C)(C)C)S(=O)(=O)CC(O)c1ccc(F)cc1Br. The van der Waals surface area contributed by atoms with Crippen LogP contribution in [0, 0.1) is 5.82 Å². The molecule has 0 spiro atoms. The number of rotatable bonds is 12. The van der Waals surface area contributed by atoms with Crippen molar-refractivity contribution in [3.63, 3.8) is 0 Å². The van der Waals surface area contributed by atoms with Gasteiger partial charge in [-0.2, -0.15) is 5.10 Å². The van der Waals surface area contributed by atoms with E-state index in [0.29, 0.717) is 28.9 Å². The average molecular weight is 682 g/mol. The monoisotopic (exact) mass is 680 g/mol. The zero-order valence-electron chi connectivity index (χ0n) is 24.2. The van der Waals surface area contributed by atoms with Gasteiger partial charge in [-0.25, -0.2) is 17.1 Å². The number of para-hydroxylation sites is 1. The molecular weight excluding hydrogens is 647 g/mol. The van der Waals surface area contributed by atoms with Crippen molar-refractivity contribution in [2.24, 2.45) is 7.05 Å². The Bertz CT molecular complexity index is 1650. The summed E-state index contributed by atoms with van der Waals surface area (Å²) >= 11 is 3.23.